The van der Waals surface area contributed by atoms with E-state index in [2.05, 4.69) is 5.10 Å². The van der Waals surface area contributed by atoms with Gasteiger partial charge in [-0.05, 0) is 26.7 Å². The molecule has 66 valence electrons. The average Bonchev–Trinajstić information content (AvgIpc) is 2.80. The van der Waals surface area contributed by atoms with Crippen molar-refractivity contribution in [2.45, 2.75) is 39.3 Å². The molecule has 1 heterocycles. The molecule has 0 aromatic carbocycles. The molecule has 0 N–H and O–H groups in total. The molecule has 1 aliphatic rings. The molecular formula is C8H13N3O. The second-order valence-electron chi connectivity index (χ2n) is 3.25. The van der Waals surface area contributed by atoms with Gasteiger partial charge in [-0.2, -0.15) is 5.10 Å². The van der Waals surface area contributed by atoms with Gasteiger partial charge in [0.1, 0.15) is 5.82 Å². The number of rotatable bonds is 2. The van der Waals surface area contributed by atoms with Gasteiger partial charge in [-0.15, -0.1) is 0 Å². The van der Waals surface area contributed by atoms with Crippen molar-refractivity contribution in [3.05, 3.63) is 16.3 Å². The minimum absolute atomic E-state index is 0.0532. The summed E-state index contributed by atoms with van der Waals surface area (Å²) in [6.07, 6.45) is 2.27. The monoisotopic (exact) mass is 167 g/mol. The fourth-order valence-corrected chi connectivity index (χ4v) is 1.49. The van der Waals surface area contributed by atoms with Crippen LogP contribution in [-0.2, 0) is 6.54 Å². The van der Waals surface area contributed by atoms with Gasteiger partial charge in [0, 0.05) is 12.6 Å². The molecule has 0 radical (unpaired) electrons. The summed E-state index contributed by atoms with van der Waals surface area (Å²) < 4.78 is 3.33. The van der Waals surface area contributed by atoms with Gasteiger partial charge in [0.2, 0.25) is 0 Å². The highest BCUT2D eigenvalue weighted by atomic mass is 16.2. The Balaban J connectivity index is 2.51. The first-order valence-corrected chi connectivity index (χ1v) is 4.40. The van der Waals surface area contributed by atoms with Crippen molar-refractivity contribution in [3.8, 4) is 0 Å². The molecule has 0 unspecified atom stereocenters. The molecule has 4 heteroatoms. The van der Waals surface area contributed by atoms with Gasteiger partial charge in [0.15, 0.2) is 0 Å². The Labute approximate surface area is 70.8 Å². The third-order valence-electron chi connectivity index (χ3n) is 2.25. The van der Waals surface area contributed by atoms with Crippen molar-refractivity contribution < 1.29 is 0 Å². The summed E-state index contributed by atoms with van der Waals surface area (Å²) in [5.74, 6) is 0.851. The molecule has 1 saturated carbocycles. The Bertz CT molecular complexity index is 346. The van der Waals surface area contributed by atoms with E-state index in [-0.39, 0.29) is 5.69 Å². The molecule has 1 aromatic heterocycles. The van der Waals surface area contributed by atoms with Crippen molar-refractivity contribution in [1.82, 2.24) is 14.3 Å². The number of aryl methyl sites for hydroxylation is 2. The second-order valence-corrected chi connectivity index (χ2v) is 3.25. The number of hydrogen-bond acceptors (Lipinski definition) is 2. The van der Waals surface area contributed by atoms with Crippen molar-refractivity contribution >= 4 is 0 Å². The van der Waals surface area contributed by atoms with E-state index < -0.39 is 0 Å². The zero-order valence-corrected chi connectivity index (χ0v) is 7.45. The Morgan fingerprint density at radius 3 is 2.67 bits per heavy atom. The van der Waals surface area contributed by atoms with Gasteiger partial charge >= 0.3 is 5.69 Å². The van der Waals surface area contributed by atoms with Crippen LogP contribution in [0.3, 0.4) is 0 Å². The predicted molar refractivity (Wildman–Crippen MR) is 45.2 cm³/mol. The van der Waals surface area contributed by atoms with Crippen molar-refractivity contribution in [1.29, 1.82) is 0 Å². The highest BCUT2D eigenvalue weighted by Gasteiger charge is 2.27. The Morgan fingerprint density at radius 2 is 2.25 bits per heavy atom. The third-order valence-corrected chi connectivity index (χ3v) is 2.25. The first-order valence-electron chi connectivity index (χ1n) is 4.40. The molecule has 1 aliphatic carbocycles. The van der Waals surface area contributed by atoms with E-state index in [9.17, 15) is 4.79 Å². The Hall–Kier alpha value is -1.06. The van der Waals surface area contributed by atoms with Crippen LogP contribution in [0.4, 0.5) is 0 Å². The van der Waals surface area contributed by atoms with E-state index >= 15 is 0 Å². The van der Waals surface area contributed by atoms with E-state index in [1.807, 2.05) is 18.4 Å². The van der Waals surface area contributed by atoms with E-state index in [4.69, 9.17) is 0 Å². The number of nitrogens with zero attached hydrogens (tertiary/aromatic N) is 3. The van der Waals surface area contributed by atoms with E-state index in [0.29, 0.717) is 12.6 Å². The highest BCUT2D eigenvalue weighted by Crippen LogP contribution is 2.33. The molecule has 0 atom stereocenters. The van der Waals surface area contributed by atoms with Crippen LogP contribution in [0.1, 0.15) is 31.6 Å². The maximum atomic E-state index is 11.6. The first kappa shape index (κ1) is 7.58. The lowest BCUT2D eigenvalue weighted by molar-refractivity contribution is 0.607. The maximum absolute atomic E-state index is 11.6. The summed E-state index contributed by atoms with van der Waals surface area (Å²) in [4.78, 5) is 11.6. The molecule has 2 rings (SSSR count). The van der Waals surface area contributed by atoms with E-state index in [0.717, 1.165) is 18.7 Å². The van der Waals surface area contributed by atoms with Crippen molar-refractivity contribution in [3.63, 3.8) is 0 Å². The number of hydrogen-bond donors (Lipinski definition) is 0. The standard InChI is InChI=1S/C8H13N3O/c1-3-10-8(12)11(6(2)9-10)7-4-5-7/h7H,3-5H2,1-2H3. The van der Waals surface area contributed by atoms with Crippen LogP contribution in [0, 0.1) is 6.92 Å². The summed E-state index contributed by atoms with van der Waals surface area (Å²) in [6.45, 7) is 4.50. The summed E-state index contributed by atoms with van der Waals surface area (Å²) in [5, 5.41) is 4.16. The Morgan fingerprint density at radius 1 is 1.58 bits per heavy atom. The second kappa shape index (κ2) is 2.47. The molecule has 0 aliphatic heterocycles. The molecule has 1 fully saturated rings. The van der Waals surface area contributed by atoms with Gasteiger partial charge in [-0.3, -0.25) is 4.57 Å². The van der Waals surface area contributed by atoms with Crippen LogP contribution in [-0.4, -0.2) is 14.3 Å². The van der Waals surface area contributed by atoms with Gasteiger partial charge in [-0.1, -0.05) is 0 Å². The van der Waals surface area contributed by atoms with Crippen LogP contribution >= 0.6 is 0 Å². The van der Waals surface area contributed by atoms with Crippen LogP contribution in [0.25, 0.3) is 0 Å². The predicted octanol–water partition coefficient (Wildman–Crippen LogP) is 0.708. The van der Waals surface area contributed by atoms with Crippen LogP contribution < -0.4 is 5.69 Å². The summed E-state index contributed by atoms with van der Waals surface area (Å²) in [5.41, 5.74) is 0.0532. The zero-order valence-electron chi connectivity index (χ0n) is 7.45. The van der Waals surface area contributed by atoms with E-state index in [1.165, 1.54) is 4.68 Å². The molecule has 0 bridgehead atoms. The zero-order chi connectivity index (χ0) is 8.72. The lowest BCUT2D eigenvalue weighted by Crippen LogP contribution is -2.23. The lowest BCUT2D eigenvalue weighted by Gasteiger charge is -1.95. The van der Waals surface area contributed by atoms with E-state index in [1.54, 1.807) is 0 Å². The maximum Gasteiger partial charge on any atom is 0.346 e. The van der Waals surface area contributed by atoms with Crippen LogP contribution in [0.2, 0.25) is 0 Å². The fraction of sp³-hybridized carbons (Fsp3) is 0.750. The summed E-state index contributed by atoms with van der Waals surface area (Å²) in [6, 6.07) is 0.442. The van der Waals surface area contributed by atoms with Gasteiger partial charge in [0.25, 0.3) is 0 Å². The van der Waals surface area contributed by atoms with Gasteiger partial charge in [-0.25, -0.2) is 9.48 Å². The number of aromatic nitrogens is 3. The van der Waals surface area contributed by atoms with Crippen LogP contribution in [0.5, 0.6) is 0 Å². The Kier molecular flexibility index (Phi) is 1.56. The quantitative estimate of drug-likeness (QED) is 0.650. The minimum atomic E-state index is 0.0532. The smallest absolute Gasteiger partial charge is 0.276 e. The molecule has 1 aromatic rings. The highest BCUT2D eigenvalue weighted by molar-refractivity contribution is 4.93. The first-order chi connectivity index (χ1) is 5.74. The SMILES string of the molecule is CCn1nc(C)n(C2CC2)c1=O. The van der Waals surface area contributed by atoms with Crippen LogP contribution in [0.15, 0.2) is 4.79 Å². The van der Waals surface area contributed by atoms with Gasteiger partial charge in [0.05, 0.1) is 0 Å². The van der Waals surface area contributed by atoms with Crippen molar-refractivity contribution in [2.75, 3.05) is 0 Å². The molecule has 12 heavy (non-hydrogen) atoms. The minimum Gasteiger partial charge on any atom is -0.276 e. The molecule has 0 amide bonds. The third kappa shape index (κ3) is 0.983. The van der Waals surface area contributed by atoms with Crippen molar-refractivity contribution in [2.24, 2.45) is 0 Å². The molecule has 0 spiro atoms. The fourth-order valence-electron chi connectivity index (χ4n) is 1.49. The normalized spacial score (nSPS) is 16.8. The molecule has 0 saturated heterocycles. The molecule has 4 nitrogen and oxygen atoms in total. The average molecular weight is 167 g/mol. The largest absolute Gasteiger partial charge is 0.346 e. The summed E-state index contributed by atoms with van der Waals surface area (Å²) in [7, 11) is 0. The topological polar surface area (TPSA) is 39.8 Å². The van der Waals surface area contributed by atoms with Gasteiger partial charge < -0.3 is 0 Å². The summed E-state index contributed by atoms with van der Waals surface area (Å²) >= 11 is 0. The lowest BCUT2D eigenvalue weighted by atomic mass is 10.6. The molecular weight excluding hydrogens is 154 g/mol.